The predicted octanol–water partition coefficient (Wildman–Crippen LogP) is 5.46. The van der Waals surface area contributed by atoms with Crippen LogP contribution in [-0.2, 0) is 17.8 Å². The first-order chi connectivity index (χ1) is 16.9. The molecule has 35 heavy (non-hydrogen) atoms. The number of carbonyl (C=O) groups is 1. The van der Waals surface area contributed by atoms with Crippen molar-refractivity contribution >= 4 is 17.7 Å². The van der Waals surface area contributed by atoms with Gasteiger partial charge in [0.05, 0.1) is 12.3 Å². The van der Waals surface area contributed by atoms with Crippen molar-refractivity contribution in [2.24, 2.45) is 0 Å². The second kappa shape index (κ2) is 11.1. The van der Waals surface area contributed by atoms with Gasteiger partial charge in [0.2, 0.25) is 5.91 Å². The van der Waals surface area contributed by atoms with E-state index in [0.29, 0.717) is 17.0 Å². The third kappa shape index (κ3) is 6.00. The fraction of sp³-hybridized carbons (Fsp3) is 0.320. The molecule has 0 saturated heterocycles. The van der Waals surface area contributed by atoms with Gasteiger partial charge in [-0.25, -0.2) is 4.39 Å². The van der Waals surface area contributed by atoms with E-state index >= 15 is 0 Å². The van der Waals surface area contributed by atoms with Gasteiger partial charge in [-0.3, -0.25) is 4.79 Å². The van der Waals surface area contributed by atoms with Crippen molar-refractivity contribution in [2.75, 3.05) is 11.9 Å². The van der Waals surface area contributed by atoms with E-state index < -0.39 is 18.3 Å². The quantitative estimate of drug-likeness (QED) is 0.428. The molecule has 0 radical (unpaired) electrons. The molecule has 0 saturated carbocycles. The Balaban J connectivity index is 1.50. The number of ether oxygens (including phenoxy) is 2. The molecule has 0 bridgehead atoms. The minimum Gasteiger partial charge on any atom is -0.490 e. The number of halogens is 3. The Morgan fingerprint density at radius 3 is 2.80 bits per heavy atom. The zero-order chi connectivity index (χ0) is 24.8. The first-order valence-corrected chi connectivity index (χ1v) is 11.4. The summed E-state index contributed by atoms with van der Waals surface area (Å²) in [6.07, 6.45) is 6.73. The molecule has 0 aliphatic carbocycles. The van der Waals surface area contributed by atoms with Crippen LogP contribution in [0.3, 0.4) is 0 Å². The average Bonchev–Trinajstić information content (AvgIpc) is 3.08. The maximum atomic E-state index is 14.5. The molecule has 0 atom stereocenters. The van der Waals surface area contributed by atoms with Gasteiger partial charge in [-0.1, -0.05) is 12.5 Å². The van der Waals surface area contributed by atoms with E-state index in [1.807, 2.05) is 4.57 Å². The lowest BCUT2D eigenvalue weighted by atomic mass is 10.1. The molecule has 1 aliphatic rings. The molecule has 1 N–H and O–H groups in total. The van der Waals surface area contributed by atoms with Crippen LogP contribution < -0.4 is 14.8 Å². The maximum Gasteiger partial charge on any atom is 0.387 e. The van der Waals surface area contributed by atoms with Crippen LogP contribution in [0.5, 0.6) is 11.5 Å². The molecule has 10 heteroatoms. The van der Waals surface area contributed by atoms with Crippen molar-refractivity contribution in [3.8, 4) is 22.9 Å². The maximum absolute atomic E-state index is 14.5. The van der Waals surface area contributed by atoms with E-state index in [0.717, 1.165) is 38.1 Å². The summed E-state index contributed by atoms with van der Waals surface area (Å²) in [4.78, 5) is 12.5. The monoisotopic (exact) mass is 486 g/mol. The van der Waals surface area contributed by atoms with E-state index in [4.69, 9.17) is 4.74 Å². The molecule has 1 amide bonds. The van der Waals surface area contributed by atoms with E-state index in [9.17, 15) is 18.0 Å². The predicted molar refractivity (Wildman–Crippen MR) is 125 cm³/mol. The molecule has 0 unspecified atom stereocenters. The molecule has 4 rings (SSSR count). The Morgan fingerprint density at radius 2 is 2.00 bits per heavy atom. The fourth-order valence-electron chi connectivity index (χ4n) is 3.90. The van der Waals surface area contributed by atoms with Crippen molar-refractivity contribution in [1.82, 2.24) is 14.8 Å². The van der Waals surface area contributed by atoms with Crippen LogP contribution in [0.1, 0.15) is 37.6 Å². The first-order valence-electron chi connectivity index (χ1n) is 11.4. The second-order valence-corrected chi connectivity index (χ2v) is 7.94. The van der Waals surface area contributed by atoms with Gasteiger partial charge >= 0.3 is 6.61 Å². The number of aromatic nitrogens is 3. The molecular formula is C25H25F3N4O3. The molecule has 2 aromatic carbocycles. The number of rotatable bonds is 8. The van der Waals surface area contributed by atoms with Crippen LogP contribution in [0.2, 0.25) is 0 Å². The summed E-state index contributed by atoms with van der Waals surface area (Å²) in [5, 5.41) is 11.1. The minimum atomic E-state index is -2.99. The number of hydrogen-bond acceptors (Lipinski definition) is 5. The van der Waals surface area contributed by atoms with Crippen LogP contribution in [0, 0.1) is 5.82 Å². The number of benzene rings is 2. The normalized spacial score (nSPS) is 13.5. The van der Waals surface area contributed by atoms with Gasteiger partial charge in [-0.05, 0) is 61.7 Å². The molecule has 2 heterocycles. The highest BCUT2D eigenvalue weighted by atomic mass is 19.3. The first kappa shape index (κ1) is 24.3. The summed E-state index contributed by atoms with van der Waals surface area (Å²) in [6.45, 7) is -0.232. The molecule has 3 aromatic rings. The third-order valence-electron chi connectivity index (χ3n) is 5.50. The van der Waals surface area contributed by atoms with Gasteiger partial charge in [-0.2, -0.15) is 8.78 Å². The molecule has 1 aliphatic heterocycles. The Bertz CT molecular complexity index is 1230. The summed E-state index contributed by atoms with van der Waals surface area (Å²) >= 11 is 0. The third-order valence-corrected chi connectivity index (χ3v) is 5.50. The van der Waals surface area contributed by atoms with Crippen LogP contribution >= 0.6 is 0 Å². The number of aryl methyl sites for hydroxylation is 1. The van der Waals surface area contributed by atoms with Gasteiger partial charge < -0.3 is 19.4 Å². The number of carbonyl (C=O) groups excluding carboxylic acids is 1. The number of nitrogens with zero attached hydrogens (tertiary/aromatic N) is 3. The van der Waals surface area contributed by atoms with Crippen LogP contribution in [0.4, 0.5) is 18.9 Å². The van der Waals surface area contributed by atoms with Crippen LogP contribution in [0.15, 0.2) is 42.5 Å². The number of hydrogen-bond donors (Lipinski definition) is 1. The molecule has 0 spiro atoms. The molecular weight excluding hydrogens is 461 g/mol. The zero-order valence-corrected chi connectivity index (χ0v) is 19.1. The number of alkyl halides is 2. The second-order valence-electron chi connectivity index (χ2n) is 7.94. The van der Waals surface area contributed by atoms with Gasteiger partial charge in [0.25, 0.3) is 0 Å². The number of fused-ring (bicyclic) bond motifs is 1. The van der Waals surface area contributed by atoms with Crippen molar-refractivity contribution in [3.63, 3.8) is 0 Å². The van der Waals surface area contributed by atoms with Crippen molar-refractivity contribution in [2.45, 2.75) is 45.8 Å². The molecule has 184 valence electrons. The largest absolute Gasteiger partial charge is 0.490 e. The Hall–Kier alpha value is -3.82. The van der Waals surface area contributed by atoms with Crippen LogP contribution in [-0.4, -0.2) is 33.9 Å². The zero-order valence-electron chi connectivity index (χ0n) is 19.1. The number of nitrogens with one attached hydrogen (secondary N) is 1. The van der Waals surface area contributed by atoms with E-state index in [-0.39, 0.29) is 23.8 Å². The fourth-order valence-corrected chi connectivity index (χ4v) is 3.90. The summed E-state index contributed by atoms with van der Waals surface area (Å²) < 4.78 is 51.4. The average molecular weight is 486 g/mol. The van der Waals surface area contributed by atoms with Crippen molar-refractivity contribution in [1.29, 1.82) is 0 Å². The van der Waals surface area contributed by atoms with Gasteiger partial charge in [0, 0.05) is 24.6 Å². The van der Waals surface area contributed by atoms with Gasteiger partial charge in [0.1, 0.15) is 11.6 Å². The Kier molecular flexibility index (Phi) is 7.69. The molecule has 7 nitrogen and oxygen atoms in total. The Morgan fingerprint density at radius 1 is 1.14 bits per heavy atom. The van der Waals surface area contributed by atoms with Crippen molar-refractivity contribution in [3.05, 3.63) is 59.7 Å². The summed E-state index contributed by atoms with van der Waals surface area (Å²) in [7, 11) is 0. The summed E-state index contributed by atoms with van der Waals surface area (Å²) in [5.74, 6) is 0.426. The summed E-state index contributed by atoms with van der Waals surface area (Å²) in [6, 6.07) is 8.74. The molecule has 1 aromatic heterocycles. The van der Waals surface area contributed by atoms with Gasteiger partial charge in [-0.15, -0.1) is 10.2 Å². The highest BCUT2D eigenvalue weighted by molar-refractivity contribution is 6.02. The summed E-state index contributed by atoms with van der Waals surface area (Å²) in [5.41, 5.74) is 1.19. The lowest BCUT2D eigenvalue weighted by molar-refractivity contribution is -0.111. The highest BCUT2D eigenvalue weighted by Gasteiger charge is 2.17. The standard InChI is InChI=1S/C25H25F3N4O3/c1-2-34-21-14-16(7-11-20(21)35-25(27)28)8-12-23(33)29-19-15-17(9-10-18(19)26)24-31-30-22-6-4-3-5-13-32(22)24/h7-12,14-15,25H,2-6,13H2,1H3,(H,29,33)/b12-8+. The topological polar surface area (TPSA) is 78.3 Å². The lowest BCUT2D eigenvalue weighted by Crippen LogP contribution is -2.10. The smallest absolute Gasteiger partial charge is 0.387 e. The van der Waals surface area contributed by atoms with Crippen molar-refractivity contribution < 1.29 is 27.4 Å². The SMILES string of the molecule is CCOc1cc(/C=C/C(=O)Nc2cc(-c3nnc4n3CCCCC4)ccc2F)ccc1OC(F)F. The van der Waals surface area contributed by atoms with Gasteiger partial charge in [0.15, 0.2) is 17.3 Å². The van der Waals surface area contributed by atoms with E-state index in [1.165, 1.54) is 42.5 Å². The molecule has 0 fully saturated rings. The van der Waals surface area contributed by atoms with E-state index in [1.54, 1.807) is 13.0 Å². The number of anilines is 1. The van der Waals surface area contributed by atoms with E-state index in [2.05, 4.69) is 20.3 Å². The Labute approximate surface area is 200 Å². The minimum absolute atomic E-state index is 0.0128. The lowest BCUT2D eigenvalue weighted by Gasteiger charge is -2.11. The highest BCUT2D eigenvalue weighted by Crippen LogP contribution is 2.30. The van der Waals surface area contributed by atoms with Crippen LogP contribution in [0.25, 0.3) is 17.5 Å². The number of amides is 1.